The van der Waals surface area contributed by atoms with Crippen molar-refractivity contribution in [3.05, 3.63) is 52.9 Å². The molecule has 0 spiro atoms. The Labute approximate surface area is 183 Å². The molecule has 0 amide bonds. The van der Waals surface area contributed by atoms with Gasteiger partial charge in [0.15, 0.2) is 11.5 Å². The molecular formula is C25H27NO5. The number of methoxy groups -OCH3 is 1. The summed E-state index contributed by atoms with van der Waals surface area (Å²) in [6.07, 6.45) is 5.27. The Balaban J connectivity index is 1.90. The van der Waals surface area contributed by atoms with Crippen LogP contribution in [0.25, 0.3) is 0 Å². The standard InChI is InChI=1S/C25H27NO5/c1-5-6-25(28)31-24(14-26-17(2)11-20(15-27)12-18(26)3)21-9-10-22(29-4)23(13-21)30-16-19-7-8-19/h9-13,19,24H,7-8,14,16H2,1-4H3. The normalized spacial score (nSPS) is 16.3. The third-order valence-electron chi connectivity index (χ3n) is 5.25. The topological polar surface area (TPSA) is 65.1 Å². The number of carbonyl (C=O) groups is 1. The van der Waals surface area contributed by atoms with E-state index >= 15 is 0 Å². The summed E-state index contributed by atoms with van der Waals surface area (Å²) >= 11 is 0. The van der Waals surface area contributed by atoms with Crippen LogP contribution in [0.3, 0.4) is 0 Å². The minimum absolute atomic E-state index is 0.363. The number of ether oxygens (including phenoxy) is 3. The molecule has 31 heavy (non-hydrogen) atoms. The number of carbonyl (C=O) groups excluding carboxylic acids is 2. The zero-order valence-corrected chi connectivity index (χ0v) is 18.4. The van der Waals surface area contributed by atoms with Gasteiger partial charge in [-0.2, -0.15) is 0 Å². The number of nitrogens with zero attached hydrogens (tertiary/aromatic N) is 1. The van der Waals surface area contributed by atoms with Crippen molar-refractivity contribution in [3.8, 4) is 23.3 Å². The van der Waals surface area contributed by atoms with E-state index in [9.17, 15) is 9.59 Å². The number of allylic oxidation sites excluding steroid dienone is 5. The van der Waals surface area contributed by atoms with Gasteiger partial charge in [-0.05, 0) is 69.4 Å². The minimum Gasteiger partial charge on any atom is -0.493 e. The predicted octanol–water partition coefficient (Wildman–Crippen LogP) is 3.97. The third kappa shape index (κ3) is 5.81. The molecule has 0 saturated heterocycles. The predicted molar refractivity (Wildman–Crippen MR) is 117 cm³/mol. The van der Waals surface area contributed by atoms with Gasteiger partial charge in [-0.3, -0.25) is 0 Å². The first-order valence-corrected chi connectivity index (χ1v) is 10.3. The van der Waals surface area contributed by atoms with Gasteiger partial charge in [0.05, 0.1) is 25.8 Å². The van der Waals surface area contributed by atoms with E-state index in [1.807, 2.05) is 42.9 Å². The molecule has 6 heteroatoms. The first-order chi connectivity index (χ1) is 14.9. The quantitative estimate of drug-likeness (QED) is 0.274. The van der Waals surface area contributed by atoms with Crippen LogP contribution in [0.5, 0.6) is 11.5 Å². The van der Waals surface area contributed by atoms with Gasteiger partial charge in [-0.1, -0.05) is 12.0 Å². The summed E-state index contributed by atoms with van der Waals surface area (Å²) in [6.45, 7) is 6.39. The summed E-state index contributed by atoms with van der Waals surface area (Å²) in [5, 5.41) is 0. The van der Waals surface area contributed by atoms with Crippen molar-refractivity contribution in [2.75, 3.05) is 20.3 Å². The fourth-order valence-corrected chi connectivity index (χ4v) is 3.41. The van der Waals surface area contributed by atoms with Crippen LogP contribution in [0.4, 0.5) is 0 Å². The average Bonchev–Trinajstić information content (AvgIpc) is 3.58. The molecule has 1 aliphatic heterocycles. The lowest BCUT2D eigenvalue weighted by Gasteiger charge is -2.32. The lowest BCUT2D eigenvalue weighted by atomic mass is 10.0. The number of benzene rings is 1. The Morgan fingerprint density at radius 2 is 1.90 bits per heavy atom. The maximum atomic E-state index is 12.2. The highest BCUT2D eigenvalue weighted by Gasteiger charge is 2.26. The Morgan fingerprint density at radius 3 is 2.48 bits per heavy atom. The van der Waals surface area contributed by atoms with Crippen molar-refractivity contribution < 1.29 is 23.8 Å². The Kier molecular flexibility index (Phi) is 7.23. The van der Waals surface area contributed by atoms with Crippen LogP contribution >= 0.6 is 0 Å². The number of hydrogen-bond donors (Lipinski definition) is 0. The van der Waals surface area contributed by atoms with Crippen molar-refractivity contribution in [2.45, 2.75) is 39.7 Å². The lowest BCUT2D eigenvalue weighted by molar-refractivity contribution is -0.142. The Hall–Kier alpha value is -3.42. The van der Waals surface area contributed by atoms with Gasteiger partial charge in [-0.15, -0.1) is 0 Å². The van der Waals surface area contributed by atoms with Gasteiger partial charge >= 0.3 is 5.97 Å². The second-order valence-corrected chi connectivity index (χ2v) is 7.67. The van der Waals surface area contributed by atoms with E-state index in [-0.39, 0.29) is 0 Å². The van der Waals surface area contributed by atoms with Crippen LogP contribution in [0, 0.1) is 17.8 Å². The van der Waals surface area contributed by atoms with E-state index in [1.54, 1.807) is 26.2 Å². The number of hydrogen-bond acceptors (Lipinski definition) is 6. The summed E-state index contributed by atoms with van der Waals surface area (Å²) in [7, 11) is 1.60. The van der Waals surface area contributed by atoms with Crippen LogP contribution in [-0.2, 0) is 14.3 Å². The molecule has 3 rings (SSSR count). The maximum Gasteiger partial charge on any atom is 0.385 e. The highest BCUT2D eigenvalue weighted by atomic mass is 16.5. The molecule has 6 nitrogen and oxygen atoms in total. The molecule has 0 N–H and O–H groups in total. The summed E-state index contributed by atoms with van der Waals surface area (Å²) in [6, 6.07) is 5.54. The zero-order chi connectivity index (χ0) is 22.4. The minimum atomic E-state index is -0.601. The van der Waals surface area contributed by atoms with E-state index in [4.69, 9.17) is 14.2 Å². The van der Waals surface area contributed by atoms with E-state index in [2.05, 4.69) is 11.8 Å². The first-order valence-electron chi connectivity index (χ1n) is 10.3. The molecular weight excluding hydrogens is 394 g/mol. The highest BCUT2D eigenvalue weighted by Crippen LogP contribution is 2.36. The summed E-state index contributed by atoms with van der Waals surface area (Å²) < 4.78 is 17.1. The largest absolute Gasteiger partial charge is 0.493 e. The Bertz CT molecular complexity index is 994. The summed E-state index contributed by atoms with van der Waals surface area (Å²) in [4.78, 5) is 25.2. The van der Waals surface area contributed by atoms with Crippen LogP contribution in [0.2, 0.25) is 0 Å². The molecule has 2 aliphatic rings. The Morgan fingerprint density at radius 1 is 1.19 bits per heavy atom. The molecule has 1 aromatic rings. The maximum absolute atomic E-state index is 12.2. The molecule has 1 unspecified atom stereocenters. The van der Waals surface area contributed by atoms with E-state index in [1.165, 1.54) is 12.8 Å². The van der Waals surface area contributed by atoms with Gasteiger partial charge in [0, 0.05) is 17.3 Å². The molecule has 1 saturated carbocycles. The van der Waals surface area contributed by atoms with Crippen LogP contribution in [0.1, 0.15) is 45.3 Å². The first kappa shape index (κ1) is 22.3. The molecule has 1 aliphatic carbocycles. The van der Waals surface area contributed by atoms with Crippen molar-refractivity contribution in [2.24, 2.45) is 5.92 Å². The second-order valence-electron chi connectivity index (χ2n) is 7.67. The van der Waals surface area contributed by atoms with Gasteiger partial charge in [0.25, 0.3) is 0 Å². The smallest absolute Gasteiger partial charge is 0.385 e. The molecule has 0 aromatic heterocycles. The van der Waals surface area contributed by atoms with Gasteiger partial charge in [0.1, 0.15) is 12.0 Å². The second kappa shape index (κ2) is 10.1. The fourth-order valence-electron chi connectivity index (χ4n) is 3.41. The van der Waals surface area contributed by atoms with Crippen molar-refractivity contribution in [1.29, 1.82) is 0 Å². The van der Waals surface area contributed by atoms with E-state index in [0.29, 0.717) is 36.1 Å². The van der Waals surface area contributed by atoms with Crippen LogP contribution < -0.4 is 9.47 Å². The summed E-state index contributed by atoms with van der Waals surface area (Å²) in [5.74, 6) is 8.18. The number of esters is 1. The molecule has 1 heterocycles. The van der Waals surface area contributed by atoms with Crippen molar-refractivity contribution >= 4 is 11.9 Å². The van der Waals surface area contributed by atoms with Crippen molar-refractivity contribution in [1.82, 2.24) is 4.90 Å². The highest BCUT2D eigenvalue weighted by molar-refractivity contribution is 5.88. The number of rotatable bonds is 8. The molecule has 1 fully saturated rings. The van der Waals surface area contributed by atoms with Gasteiger partial charge in [0.2, 0.25) is 0 Å². The lowest BCUT2D eigenvalue weighted by Crippen LogP contribution is -2.29. The third-order valence-corrected chi connectivity index (χ3v) is 5.25. The van der Waals surface area contributed by atoms with Gasteiger partial charge < -0.3 is 19.1 Å². The van der Waals surface area contributed by atoms with Crippen LogP contribution in [-0.4, -0.2) is 37.1 Å². The monoisotopic (exact) mass is 421 g/mol. The van der Waals surface area contributed by atoms with E-state index in [0.717, 1.165) is 17.0 Å². The molecule has 0 bridgehead atoms. The van der Waals surface area contributed by atoms with Gasteiger partial charge in [-0.25, -0.2) is 9.59 Å². The fraction of sp³-hybridized carbons (Fsp3) is 0.400. The van der Waals surface area contributed by atoms with Crippen LogP contribution in [0.15, 0.2) is 47.3 Å². The van der Waals surface area contributed by atoms with Crippen molar-refractivity contribution in [3.63, 3.8) is 0 Å². The van der Waals surface area contributed by atoms with E-state index < -0.39 is 12.1 Å². The molecule has 162 valence electrons. The molecule has 0 radical (unpaired) electrons. The summed E-state index contributed by atoms with van der Waals surface area (Å²) in [5.41, 5.74) is 2.98. The SMILES string of the molecule is CC#CC(=O)OC(CN1C(C)=CC(=C=O)C=C1C)c1ccc(OC)c(OCC2CC2)c1. The molecule has 1 atom stereocenters. The molecule has 1 aromatic carbocycles. The average molecular weight is 421 g/mol. The zero-order valence-electron chi connectivity index (χ0n) is 18.4.